The maximum absolute atomic E-state index is 12.0. The lowest BCUT2D eigenvalue weighted by molar-refractivity contribution is 0.0599. The lowest BCUT2D eigenvalue weighted by Gasteiger charge is -2.13. The van der Waals surface area contributed by atoms with Crippen molar-refractivity contribution in [1.82, 2.24) is 15.1 Å². The van der Waals surface area contributed by atoms with E-state index in [1.165, 1.54) is 7.11 Å². The third-order valence-electron chi connectivity index (χ3n) is 4.95. The van der Waals surface area contributed by atoms with Crippen molar-refractivity contribution in [2.45, 2.75) is 26.8 Å². The summed E-state index contributed by atoms with van der Waals surface area (Å²) < 4.78 is 17.9. The molecule has 0 radical (unpaired) electrons. The van der Waals surface area contributed by atoms with Crippen LogP contribution in [0.15, 0.2) is 54.9 Å². The van der Waals surface area contributed by atoms with Crippen LogP contribution in [0, 0.1) is 0 Å². The maximum atomic E-state index is 12.0. The van der Waals surface area contributed by atoms with Gasteiger partial charge in [0.15, 0.2) is 16.6 Å². The number of hydrogen-bond donors (Lipinski definition) is 2. The van der Waals surface area contributed by atoms with Gasteiger partial charge in [0.1, 0.15) is 0 Å². The van der Waals surface area contributed by atoms with Crippen LogP contribution in [0.2, 0.25) is 0 Å². The third kappa shape index (κ3) is 6.95. The summed E-state index contributed by atoms with van der Waals surface area (Å²) in [5.74, 6) is 1.14. The molecule has 9 heteroatoms. The first-order chi connectivity index (χ1) is 16.5. The van der Waals surface area contributed by atoms with Crippen molar-refractivity contribution >= 4 is 29.0 Å². The van der Waals surface area contributed by atoms with Gasteiger partial charge in [-0.3, -0.25) is 4.68 Å². The van der Waals surface area contributed by atoms with Crippen LogP contribution >= 0.6 is 12.2 Å². The van der Waals surface area contributed by atoms with E-state index in [-0.39, 0.29) is 5.97 Å². The summed E-state index contributed by atoms with van der Waals surface area (Å²) in [6.45, 7) is 6.17. The van der Waals surface area contributed by atoms with Crippen molar-refractivity contribution in [1.29, 1.82) is 0 Å². The lowest BCUT2D eigenvalue weighted by atomic mass is 10.1. The average molecular weight is 483 g/mol. The van der Waals surface area contributed by atoms with E-state index in [0.717, 1.165) is 34.7 Å². The highest BCUT2D eigenvalue weighted by molar-refractivity contribution is 7.80. The third-order valence-corrected chi connectivity index (χ3v) is 5.20. The molecule has 0 saturated carbocycles. The first-order valence-electron chi connectivity index (χ1n) is 11.2. The number of thiocarbonyl (C=S) groups is 1. The zero-order valence-electron chi connectivity index (χ0n) is 19.7. The van der Waals surface area contributed by atoms with E-state index in [4.69, 9.17) is 26.4 Å². The minimum absolute atomic E-state index is 0.368. The Bertz CT molecular complexity index is 1120. The average Bonchev–Trinajstić information content (AvgIpc) is 3.27. The second kappa shape index (κ2) is 12.6. The van der Waals surface area contributed by atoms with Gasteiger partial charge >= 0.3 is 5.97 Å². The van der Waals surface area contributed by atoms with Crippen molar-refractivity contribution in [2.24, 2.45) is 0 Å². The Morgan fingerprint density at radius 1 is 1.09 bits per heavy atom. The number of methoxy groups -OCH3 is 1. The van der Waals surface area contributed by atoms with Gasteiger partial charge in [0.05, 0.1) is 44.3 Å². The van der Waals surface area contributed by atoms with E-state index in [9.17, 15) is 4.79 Å². The number of esters is 1. The summed E-state index contributed by atoms with van der Waals surface area (Å²) in [6.07, 6.45) is 4.30. The van der Waals surface area contributed by atoms with Crippen LogP contribution in [0.4, 0.5) is 5.69 Å². The molecule has 0 atom stereocenters. The van der Waals surface area contributed by atoms with Gasteiger partial charge in [0, 0.05) is 12.7 Å². The fourth-order valence-electron chi connectivity index (χ4n) is 3.40. The topological polar surface area (TPSA) is 86.6 Å². The number of hydrogen-bond acceptors (Lipinski definition) is 6. The molecule has 0 amide bonds. The monoisotopic (exact) mass is 482 g/mol. The molecular formula is C25H30N4O4S. The fourth-order valence-corrected chi connectivity index (χ4v) is 3.62. The first-order valence-corrected chi connectivity index (χ1v) is 11.6. The first kappa shape index (κ1) is 25.0. The van der Waals surface area contributed by atoms with Crippen LogP contribution in [0.3, 0.4) is 0 Å². The molecule has 0 unspecified atom stereocenters. The van der Waals surface area contributed by atoms with E-state index in [2.05, 4.69) is 15.7 Å². The molecule has 0 aliphatic carbocycles. The molecule has 1 heterocycles. The molecule has 34 heavy (non-hydrogen) atoms. The van der Waals surface area contributed by atoms with E-state index >= 15 is 0 Å². The minimum Gasteiger partial charge on any atom is -0.490 e. The molecule has 0 fully saturated rings. The number of anilines is 1. The zero-order chi connectivity index (χ0) is 24.3. The molecule has 0 aliphatic rings. The minimum atomic E-state index is -0.368. The highest BCUT2D eigenvalue weighted by Crippen LogP contribution is 2.28. The van der Waals surface area contributed by atoms with Crippen molar-refractivity contribution in [3.8, 4) is 11.5 Å². The summed E-state index contributed by atoms with van der Waals surface area (Å²) in [7, 11) is 1.37. The molecule has 3 aromatic rings. The van der Waals surface area contributed by atoms with E-state index in [0.29, 0.717) is 37.0 Å². The van der Waals surface area contributed by atoms with E-state index in [1.807, 2.05) is 50.4 Å². The zero-order valence-corrected chi connectivity index (χ0v) is 20.5. The Morgan fingerprint density at radius 3 is 2.62 bits per heavy atom. The van der Waals surface area contributed by atoms with Gasteiger partial charge in [-0.25, -0.2) is 4.79 Å². The molecule has 0 aliphatic heterocycles. The molecule has 2 aromatic carbocycles. The van der Waals surface area contributed by atoms with Gasteiger partial charge in [-0.05, 0) is 61.8 Å². The van der Waals surface area contributed by atoms with Gasteiger partial charge in [-0.1, -0.05) is 24.3 Å². The van der Waals surface area contributed by atoms with E-state index in [1.54, 1.807) is 23.0 Å². The number of nitrogens with one attached hydrogen (secondary N) is 2. The summed E-state index contributed by atoms with van der Waals surface area (Å²) >= 11 is 5.42. The molecular weight excluding hydrogens is 452 g/mol. The fraction of sp³-hybridized carbons (Fsp3) is 0.320. The predicted molar refractivity (Wildman–Crippen MR) is 136 cm³/mol. The molecule has 3 rings (SSSR count). The summed E-state index contributed by atoms with van der Waals surface area (Å²) in [6, 6.07) is 13.3. The van der Waals surface area contributed by atoms with Crippen molar-refractivity contribution in [3.05, 3.63) is 71.5 Å². The maximum Gasteiger partial charge on any atom is 0.338 e. The normalized spacial score (nSPS) is 10.4. The Labute approximate surface area is 205 Å². The summed E-state index contributed by atoms with van der Waals surface area (Å²) in [5, 5.41) is 11.2. The SMILES string of the molecule is CCOc1ccc(CCNC(=S)Nc2cnn(Cc3ccccc3C(=O)OC)c2)cc1OCC. The van der Waals surface area contributed by atoms with Gasteiger partial charge in [-0.15, -0.1) is 0 Å². The number of nitrogens with zero attached hydrogens (tertiary/aromatic N) is 2. The number of carbonyl (C=O) groups is 1. The molecule has 8 nitrogen and oxygen atoms in total. The molecule has 0 saturated heterocycles. The number of carbonyl (C=O) groups excluding carboxylic acids is 1. The Kier molecular flexibility index (Phi) is 9.28. The van der Waals surface area contributed by atoms with Crippen LogP contribution in [0.25, 0.3) is 0 Å². The number of aromatic nitrogens is 2. The Morgan fingerprint density at radius 2 is 1.85 bits per heavy atom. The second-order valence-corrected chi connectivity index (χ2v) is 7.76. The smallest absolute Gasteiger partial charge is 0.338 e. The Balaban J connectivity index is 1.51. The summed E-state index contributed by atoms with van der Waals surface area (Å²) in [5.41, 5.74) is 3.23. The van der Waals surface area contributed by atoms with Crippen molar-refractivity contribution in [3.63, 3.8) is 0 Å². The number of benzene rings is 2. The largest absolute Gasteiger partial charge is 0.490 e. The number of rotatable bonds is 11. The van der Waals surface area contributed by atoms with Gasteiger partial charge in [0.2, 0.25) is 0 Å². The van der Waals surface area contributed by atoms with Crippen molar-refractivity contribution < 1.29 is 19.0 Å². The molecule has 1 aromatic heterocycles. The van der Waals surface area contributed by atoms with E-state index < -0.39 is 0 Å². The van der Waals surface area contributed by atoms with Crippen LogP contribution in [-0.2, 0) is 17.7 Å². The highest BCUT2D eigenvalue weighted by atomic mass is 32.1. The standard InChI is InChI=1S/C25H30N4O4S/c1-4-32-22-11-10-18(14-23(22)33-5-2)12-13-26-25(34)28-20-15-27-29(17-20)16-19-8-6-7-9-21(19)24(30)31-3/h6-11,14-15,17H,4-5,12-13,16H2,1-3H3,(H2,26,28,34). The second-order valence-electron chi connectivity index (χ2n) is 7.35. The molecule has 0 bridgehead atoms. The summed E-state index contributed by atoms with van der Waals surface area (Å²) in [4.78, 5) is 12.0. The van der Waals surface area contributed by atoms with Gasteiger partial charge < -0.3 is 24.8 Å². The van der Waals surface area contributed by atoms with Crippen LogP contribution in [-0.4, -0.2) is 47.7 Å². The van der Waals surface area contributed by atoms with Gasteiger partial charge in [0.25, 0.3) is 0 Å². The number of ether oxygens (including phenoxy) is 3. The van der Waals surface area contributed by atoms with Gasteiger partial charge in [-0.2, -0.15) is 5.10 Å². The van der Waals surface area contributed by atoms with Crippen LogP contribution < -0.4 is 20.1 Å². The molecule has 0 spiro atoms. The quantitative estimate of drug-likeness (QED) is 0.313. The predicted octanol–water partition coefficient (Wildman–Crippen LogP) is 4.04. The molecule has 2 N–H and O–H groups in total. The van der Waals surface area contributed by atoms with Crippen molar-refractivity contribution in [2.75, 3.05) is 32.2 Å². The van der Waals surface area contributed by atoms with Crippen LogP contribution in [0.1, 0.15) is 35.3 Å². The highest BCUT2D eigenvalue weighted by Gasteiger charge is 2.12. The van der Waals surface area contributed by atoms with Crippen LogP contribution in [0.5, 0.6) is 11.5 Å². The Hall–Kier alpha value is -3.59. The molecule has 180 valence electrons. The lowest BCUT2D eigenvalue weighted by Crippen LogP contribution is -2.30.